The third kappa shape index (κ3) is 7.51. The molecule has 5 atom stereocenters. The van der Waals surface area contributed by atoms with Crippen molar-refractivity contribution in [3.05, 3.63) is 42.0 Å². The minimum absolute atomic E-state index is 0.0472. The number of hydrogen-bond acceptors (Lipinski definition) is 8. The van der Waals surface area contributed by atoms with E-state index >= 15 is 0 Å². The fraction of sp³-hybridized carbons (Fsp3) is 0.594. The summed E-state index contributed by atoms with van der Waals surface area (Å²) in [4.78, 5) is 60.0. The second-order valence-electron chi connectivity index (χ2n) is 12.1. The number of ether oxygens (including phenoxy) is 2. The Morgan fingerprint density at radius 3 is 2.68 bits per heavy atom. The van der Waals surface area contributed by atoms with Crippen molar-refractivity contribution in [2.75, 3.05) is 13.7 Å². The van der Waals surface area contributed by atoms with Crippen LogP contribution in [0.25, 0.3) is 0 Å². The fourth-order valence-corrected chi connectivity index (χ4v) is 6.37. The number of allylic oxidation sites excluding steroid dienone is 1. The Labute approximate surface area is 257 Å². The first-order valence-electron chi connectivity index (χ1n) is 15.6. The SMILES string of the molecule is COc1cccc(/C=N/O[C@@H]2C[C@H]3C(=O)N[C@]4(C(=O)O)CC4/C=C\CCCCC[C@H](NC(=O)OC4CCCC4)C(=O)N3C2)c1. The number of carbonyl (C=O) groups is 4. The third-order valence-corrected chi connectivity index (χ3v) is 8.99. The maximum absolute atomic E-state index is 14.0. The van der Waals surface area contributed by atoms with Crippen LogP contribution in [0.2, 0.25) is 0 Å². The quantitative estimate of drug-likeness (QED) is 0.241. The van der Waals surface area contributed by atoms with Gasteiger partial charge >= 0.3 is 12.1 Å². The summed E-state index contributed by atoms with van der Waals surface area (Å²) in [7, 11) is 1.57. The summed E-state index contributed by atoms with van der Waals surface area (Å²) in [6.45, 7) is 0.0472. The van der Waals surface area contributed by atoms with Crippen molar-refractivity contribution in [2.45, 2.75) is 100 Å². The summed E-state index contributed by atoms with van der Waals surface area (Å²) < 4.78 is 10.8. The molecule has 5 rings (SSSR count). The van der Waals surface area contributed by atoms with Crippen molar-refractivity contribution in [2.24, 2.45) is 11.1 Å². The van der Waals surface area contributed by atoms with Crippen LogP contribution in [0.1, 0.15) is 76.2 Å². The fourth-order valence-electron chi connectivity index (χ4n) is 6.37. The number of nitrogens with one attached hydrogen (secondary N) is 2. The average Bonchev–Trinajstić information content (AvgIpc) is 3.30. The smallest absolute Gasteiger partial charge is 0.408 e. The minimum Gasteiger partial charge on any atom is -0.497 e. The lowest BCUT2D eigenvalue weighted by atomic mass is 10.0. The number of carboxylic acids is 1. The van der Waals surface area contributed by atoms with Gasteiger partial charge in [-0.25, -0.2) is 9.59 Å². The standard InChI is InChI=1S/C32H42N4O8/c1-42-24-14-9-10-21(16-24)19-33-44-25-17-27-28(37)35-32(30(39)40)18-22(32)11-5-3-2-4-6-15-26(29(38)36(27)20-25)34-31(41)43-23-12-7-8-13-23/h5,9-11,14,16,19,22-23,25-27H,2-4,6-8,12-13,15,17-18,20H2,1H3,(H,34,41)(H,35,37)(H,39,40)/b11-5-,33-19+/t22?,25-,26+,27+,32-/m1/s1. The zero-order valence-electron chi connectivity index (χ0n) is 25.1. The van der Waals surface area contributed by atoms with E-state index in [2.05, 4.69) is 15.8 Å². The summed E-state index contributed by atoms with van der Waals surface area (Å²) in [6, 6.07) is 5.34. The number of methoxy groups -OCH3 is 1. The molecule has 2 aliphatic carbocycles. The summed E-state index contributed by atoms with van der Waals surface area (Å²) in [5.41, 5.74) is -0.665. The Bertz CT molecular complexity index is 1280. The van der Waals surface area contributed by atoms with Crippen molar-refractivity contribution < 1.29 is 38.6 Å². The number of carboxylic acid groups (broad SMARTS) is 1. The van der Waals surface area contributed by atoms with Gasteiger partial charge in [0, 0.05) is 12.3 Å². The zero-order chi connectivity index (χ0) is 31.1. The molecule has 12 nitrogen and oxygen atoms in total. The number of nitrogens with zero attached hydrogens (tertiary/aromatic N) is 2. The number of aliphatic carboxylic acids is 1. The number of benzene rings is 1. The molecule has 3 amide bonds. The second-order valence-corrected chi connectivity index (χ2v) is 12.1. The van der Waals surface area contributed by atoms with E-state index in [1.807, 2.05) is 30.4 Å². The highest BCUT2D eigenvalue weighted by atomic mass is 16.6. The van der Waals surface area contributed by atoms with Gasteiger partial charge in [0.15, 0.2) is 0 Å². The highest BCUT2D eigenvalue weighted by Crippen LogP contribution is 2.45. The number of rotatable bonds is 7. The molecular weight excluding hydrogens is 568 g/mol. The van der Waals surface area contributed by atoms with Crippen molar-refractivity contribution in [3.63, 3.8) is 0 Å². The van der Waals surface area contributed by atoms with E-state index in [1.54, 1.807) is 13.2 Å². The van der Waals surface area contributed by atoms with E-state index < -0.39 is 47.6 Å². The molecule has 1 saturated heterocycles. The Balaban J connectivity index is 1.35. The first-order chi connectivity index (χ1) is 21.3. The predicted molar refractivity (Wildman–Crippen MR) is 160 cm³/mol. The minimum atomic E-state index is -1.41. The molecule has 2 aliphatic heterocycles. The molecule has 12 heteroatoms. The van der Waals surface area contributed by atoms with Gasteiger partial charge in [0.25, 0.3) is 0 Å². The lowest BCUT2D eigenvalue weighted by Gasteiger charge is -2.29. The van der Waals surface area contributed by atoms with Gasteiger partial charge < -0.3 is 35.0 Å². The van der Waals surface area contributed by atoms with Gasteiger partial charge in [-0.3, -0.25) is 9.59 Å². The Morgan fingerprint density at radius 2 is 1.91 bits per heavy atom. The summed E-state index contributed by atoms with van der Waals surface area (Å²) >= 11 is 0. The molecule has 44 heavy (non-hydrogen) atoms. The van der Waals surface area contributed by atoms with E-state index in [0.29, 0.717) is 18.6 Å². The van der Waals surface area contributed by atoms with Crippen molar-refractivity contribution in [3.8, 4) is 5.75 Å². The molecule has 1 aromatic carbocycles. The predicted octanol–water partition coefficient (Wildman–Crippen LogP) is 3.53. The Morgan fingerprint density at radius 1 is 1.11 bits per heavy atom. The number of oxime groups is 1. The second kappa shape index (κ2) is 14.1. The van der Waals surface area contributed by atoms with Crippen LogP contribution < -0.4 is 15.4 Å². The molecule has 4 aliphatic rings. The van der Waals surface area contributed by atoms with Crippen LogP contribution >= 0.6 is 0 Å². The van der Waals surface area contributed by atoms with Crippen LogP contribution in [0.5, 0.6) is 5.75 Å². The van der Waals surface area contributed by atoms with Crippen LogP contribution in [-0.4, -0.2) is 83.6 Å². The van der Waals surface area contributed by atoms with Crippen LogP contribution in [-0.2, 0) is 24.0 Å². The maximum Gasteiger partial charge on any atom is 0.408 e. The van der Waals surface area contributed by atoms with Gasteiger partial charge in [-0.15, -0.1) is 0 Å². The van der Waals surface area contributed by atoms with Crippen molar-refractivity contribution in [1.82, 2.24) is 15.5 Å². The molecule has 0 radical (unpaired) electrons. The number of carbonyl (C=O) groups excluding carboxylic acids is 3. The van der Waals surface area contributed by atoms with Crippen molar-refractivity contribution in [1.29, 1.82) is 0 Å². The molecule has 0 spiro atoms. The summed E-state index contributed by atoms with van der Waals surface area (Å²) in [6.07, 6.45) is 11.4. The molecule has 2 heterocycles. The molecule has 1 unspecified atom stereocenters. The average molecular weight is 611 g/mol. The van der Waals surface area contributed by atoms with Gasteiger partial charge in [-0.05, 0) is 69.1 Å². The number of alkyl carbamates (subject to hydrolysis) is 1. The third-order valence-electron chi connectivity index (χ3n) is 8.99. The lowest BCUT2D eigenvalue weighted by molar-refractivity contribution is -0.145. The van der Waals surface area contributed by atoms with Crippen molar-refractivity contribution >= 4 is 30.1 Å². The van der Waals surface area contributed by atoms with Crippen LogP contribution in [0.4, 0.5) is 4.79 Å². The van der Waals surface area contributed by atoms with Crippen LogP contribution in [0.15, 0.2) is 41.6 Å². The molecule has 0 bridgehead atoms. The summed E-state index contributed by atoms with van der Waals surface area (Å²) in [5.74, 6) is -1.76. The first-order valence-corrected chi connectivity index (χ1v) is 15.6. The van der Waals surface area contributed by atoms with E-state index in [9.17, 15) is 24.3 Å². The van der Waals surface area contributed by atoms with E-state index in [-0.39, 0.29) is 31.4 Å². The highest BCUT2D eigenvalue weighted by Gasteiger charge is 2.61. The van der Waals surface area contributed by atoms with Gasteiger partial charge in [-0.1, -0.05) is 42.3 Å². The summed E-state index contributed by atoms with van der Waals surface area (Å²) in [5, 5.41) is 19.6. The molecule has 1 aromatic rings. The molecule has 3 fully saturated rings. The van der Waals surface area contributed by atoms with E-state index in [4.69, 9.17) is 14.3 Å². The van der Waals surface area contributed by atoms with Gasteiger partial charge in [-0.2, -0.15) is 0 Å². The van der Waals surface area contributed by atoms with E-state index in [0.717, 1.165) is 50.5 Å². The molecular formula is C32H42N4O8. The molecule has 238 valence electrons. The Hall–Kier alpha value is -4.09. The zero-order valence-corrected chi connectivity index (χ0v) is 25.1. The number of amides is 3. The monoisotopic (exact) mass is 610 g/mol. The van der Waals surface area contributed by atoms with Gasteiger partial charge in [0.1, 0.15) is 35.6 Å². The number of fused-ring (bicyclic) bond motifs is 2. The first kappa shape index (κ1) is 31.3. The largest absolute Gasteiger partial charge is 0.497 e. The number of hydrogen-bond donors (Lipinski definition) is 3. The molecule has 2 saturated carbocycles. The Kier molecular flexibility index (Phi) is 10.1. The maximum atomic E-state index is 14.0. The van der Waals surface area contributed by atoms with Gasteiger partial charge in [0.05, 0.1) is 19.9 Å². The normalized spacial score (nSPS) is 30.3. The topological polar surface area (TPSA) is 156 Å². The van der Waals surface area contributed by atoms with Gasteiger partial charge in [0.2, 0.25) is 11.8 Å². The highest BCUT2D eigenvalue weighted by molar-refractivity contribution is 5.96. The molecule has 3 N–H and O–H groups in total. The van der Waals surface area contributed by atoms with Crippen LogP contribution in [0.3, 0.4) is 0 Å². The molecule has 0 aromatic heterocycles. The lowest BCUT2D eigenvalue weighted by Crippen LogP contribution is -2.56. The van der Waals surface area contributed by atoms with E-state index in [1.165, 1.54) is 11.1 Å². The van der Waals surface area contributed by atoms with Crippen LogP contribution in [0, 0.1) is 5.92 Å².